The maximum Gasteiger partial charge on any atom is 0.293 e. The lowest BCUT2D eigenvalue weighted by atomic mass is 9.89. The van der Waals surface area contributed by atoms with Gasteiger partial charge in [0.2, 0.25) is 0 Å². The molecular weight excluding hydrogens is 128 g/mol. The highest BCUT2D eigenvalue weighted by Gasteiger charge is 2.18. The Labute approximate surface area is 61.6 Å². The smallest absolute Gasteiger partial charge is 0.293 e. The van der Waals surface area contributed by atoms with Gasteiger partial charge >= 0.3 is 0 Å². The predicted octanol–water partition coefficient (Wildman–Crippen LogP) is 1.74. The zero-order chi connectivity index (χ0) is 7.40. The lowest BCUT2D eigenvalue weighted by molar-refractivity contribution is -0.135. The highest BCUT2D eigenvalue weighted by atomic mass is 16.5. The first-order chi connectivity index (χ1) is 4.83. The van der Waals surface area contributed by atoms with Gasteiger partial charge in [-0.2, -0.15) is 0 Å². The highest BCUT2D eigenvalue weighted by Crippen LogP contribution is 2.24. The van der Waals surface area contributed by atoms with E-state index in [-0.39, 0.29) is 6.10 Å². The predicted molar refractivity (Wildman–Crippen MR) is 38.6 cm³/mol. The maximum absolute atomic E-state index is 9.96. The second-order valence-electron chi connectivity index (χ2n) is 3.13. The Morgan fingerprint density at radius 2 is 2.30 bits per heavy atom. The number of hydrogen-bond acceptors (Lipinski definition) is 2. The van der Waals surface area contributed by atoms with Gasteiger partial charge < -0.3 is 4.74 Å². The van der Waals surface area contributed by atoms with Crippen LogP contribution in [0.5, 0.6) is 0 Å². The van der Waals surface area contributed by atoms with Gasteiger partial charge in [0.15, 0.2) is 0 Å². The van der Waals surface area contributed by atoms with E-state index in [4.69, 9.17) is 4.74 Å². The van der Waals surface area contributed by atoms with E-state index in [1.165, 1.54) is 12.8 Å². The Balaban J connectivity index is 2.24. The first-order valence-corrected chi connectivity index (χ1v) is 3.92. The molecule has 2 atom stereocenters. The number of carbonyl (C=O) groups excluding carboxylic acids is 1. The van der Waals surface area contributed by atoms with Crippen molar-refractivity contribution in [1.82, 2.24) is 0 Å². The molecule has 0 amide bonds. The van der Waals surface area contributed by atoms with Crippen molar-refractivity contribution in [3.63, 3.8) is 0 Å². The molecule has 0 aromatic rings. The second kappa shape index (κ2) is 3.59. The first kappa shape index (κ1) is 7.58. The van der Waals surface area contributed by atoms with E-state index in [2.05, 4.69) is 6.92 Å². The molecule has 2 heteroatoms. The van der Waals surface area contributed by atoms with E-state index in [9.17, 15) is 4.79 Å². The number of carbonyl (C=O) groups is 1. The third kappa shape index (κ3) is 2.01. The molecule has 1 aliphatic carbocycles. The lowest BCUT2D eigenvalue weighted by Gasteiger charge is -2.24. The largest absolute Gasteiger partial charge is 0.465 e. The molecule has 0 aromatic heterocycles. The summed E-state index contributed by atoms with van der Waals surface area (Å²) < 4.78 is 4.87. The SMILES string of the molecule is CC1CCCC(OC=O)C1. The van der Waals surface area contributed by atoms with E-state index in [1.54, 1.807) is 0 Å². The highest BCUT2D eigenvalue weighted by molar-refractivity contribution is 5.37. The minimum atomic E-state index is 0.209. The average Bonchev–Trinajstić information content (AvgIpc) is 1.88. The molecule has 0 bridgehead atoms. The van der Waals surface area contributed by atoms with Gasteiger partial charge in [0.25, 0.3) is 6.47 Å². The third-order valence-electron chi connectivity index (χ3n) is 2.14. The average molecular weight is 142 g/mol. The van der Waals surface area contributed by atoms with Gasteiger partial charge in [0.1, 0.15) is 6.10 Å². The van der Waals surface area contributed by atoms with Crippen molar-refractivity contribution in [3.05, 3.63) is 0 Å². The Bertz CT molecular complexity index is 112. The third-order valence-corrected chi connectivity index (χ3v) is 2.14. The fourth-order valence-electron chi connectivity index (χ4n) is 1.58. The Morgan fingerprint density at radius 3 is 2.90 bits per heavy atom. The molecule has 2 unspecified atom stereocenters. The topological polar surface area (TPSA) is 26.3 Å². The molecule has 1 fully saturated rings. The van der Waals surface area contributed by atoms with Crippen LogP contribution in [0.15, 0.2) is 0 Å². The minimum Gasteiger partial charge on any atom is -0.465 e. The summed E-state index contributed by atoms with van der Waals surface area (Å²) in [4.78, 5) is 9.96. The fraction of sp³-hybridized carbons (Fsp3) is 0.875. The number of hydrogen-bond donors (Lipinski definition) is 0. The van der Waals surface area contributed by atoms with Crippen molar-refractivity contribution < 1.29 is 9.53 Å². The van der Waals surface area contributed by atoms with Gasteiger partial charge in [-0.3, -0.25) is 4.79 Å². The molecule has 0 heterocycles. The van der Waals surface area contributed by atoms with Gasteiger partial charge in [0, 0.05) is 0 Å². The molecule has 1 rings (SSSR count). The van der Waals surface area contributed by atoms with Crippen LogP contribution >= 0.6 is 0 Å². The monoisotopic (exact) mass is 142 g/mol. The van der Waals surface area contributed by atoms with Crippen LogP contribution in [0.3, 0.4) is 0 Å². The first-order valence-electron chi connectivity index (χ1n) is 3.92. The van der Waals surface area contributed by atoms with E-state index < -0.39 is 0 Å². The van der Waals surface area contributed by atoms with E-state index >= 15 is 0 Å². The molecule has 0 aliphatic heterocycles. The summed E-state index contributed by atoms with van der Waals surface area (Å²) in [6, 6.07) is 0. The normalized spacial score (nSPS) is 33.3. The summed E-state index contributed by atoms with van der Waals surface area (Å²) >= 11 is 0. The van der Waals surface area contributed by atoms with Crippen molar-refractivity contribution in [2.45, 2.75) is 38.7 Å². The molecule has 0 spiro atoms. The summed E-state index contributed by atoms with van der Waals surface area (Å²) in [5, 5.41) is 0. The standard InChI is InChI=1S/C8H14O2/c1-7-3-2-4-8(5-7)10-6-9/h6-8H,2-5H2,1H3. The van der Waals surface area contributed by atoms with Gasteiger partial charge in [0.05, 0.1) is 0 Å². The van der Waals surface area contributed by atoms with Crippen molar-refractivity contribution >= 4 is 6.47 Å². The lowest BCUT2D eigenvalue weighted by Crippen LogP contribution is -2.20. The van der Waals surface area contributed by atoms with Crippen LogP contribution in [0.1, 0.15) is 32.6 Å². The molecule has 0 saturated heterocycles. The van der Waals surface area contributed by atoms with Gasteiger partial charge in [-0.25, -0.2) is 0 Å². The van der Waals surface area contributed by atoms with Crippen LogP contribution < -0.4 is 0 Å². The molecule has 0 aromatic carbocycles. The van der Waals surface area contributed by atoms with Crippen molar-refractivity contribution in [2.75, 3.05) is 0 Å². The molecule has 1 saturated carbocycles. The van der Waals surface area contributed by atoms with E-state index in [1.807, 2.05) is 0 Å². The molecular formula is C8H14O2. The number of ether oxygens (including phenoxy) is 1. The number of rotatable bonds is 2. The summed E-state index contributed by atoms with van der Waals surface area (Å²) in [6.45, 7) is 2.78. The molecule has 1 aliphatic rings. The van der Waals surface area contributed by atoms with Crippen molar-refractivity contribution in [3.8, 4) is 0 Å². The van der Waals surface area contributed by atoms with Gasteiger partial charge in [-0.15, -0.1) is 0 Å². The zero-order valence-electron chi connectivity index (χ0n) is 6.38. The maximum atomic E-state index is 9.96. The minimum absolute atomic E-state index is 0.209. The summed E-state index contributed by atoms with van der Waals surface area (Å²) in [7, 11) is 0. The summed E-state index contributed by atoms with van der Waals surface area (Å²) in [6.07, 6.45) is 4.82. The van der Waals surface area contributed by atoms with Crippen LogP contribution in [0.25, 0.3) is 0 Å². The molecule has 2 nitrogen and oxygen atoms in total. The molecule has 58 valence electrons. The Kier molecular flexibility index (Phi) is 2.72. The molecule has 0 radical (unpaired) electrons. The van der Waals surface area contributed by atoms with Gasteiger partial charge in [-0.1, -0.05) is 13.3 Å². The van der Waals surface area contributed by atoms with Crippen LogP contribution in [0.4, 0.5) is 0 Å². The van der Waals surface area contributed by atoms with Crippen molar-refractivity contribution in [2.24, 2.45) is 5.92 Å². The van der Waals surface area contributed by atoms with E-state index in [0.29, 0.717) is 6.47 Å². The molecule has 10 heavy (non-hydrogen) atoms. The van der Waals surface area contributed by atoms with Crippen LogP contribution in [0, 0.1) is 5.92 Å². The zero-order valence-corrected chi connectivity index (χ0v) is 6.38. The fourth-order valence-corrected chi connectivity index (χ4v) is 1.58. The second-order valence-corrected chi connectivity index (χ2v) is 3.13. The van der Waals surface area contributed by atoms with Crippen molar-refractivity contribution in [1.29, 1.82) is 0 Å². The Hall–Kier alpha value is -0.530. The Morgan fingerprint density at radius 1 is 1.50 bits per heavy atom. The van der Waals surface area contributed by atoms with Crippen LogP contribution in [0.2, 0.25) is 0 Å². The van der Waals surface area contributed by atoms with Gasteiger partial charge in [-0.05, 0) is 25.2 Å². The van der Waals surface area contributed by atoms with Crippen LogP contribution in [-0.2, 0) is 9.53 Å². The quantitative estimate of drug-likeness (QED) is 0.549. The van der Waals surface area contributed by atoms with E-state index in [0.717, 1.165) is 18.8 Å². The molecule has 0 N–H and O–H groups in total. The summed E-state index contributed by atoms with van der Waals surface area (Å²) in [5.74, 6) is 0.735. The van der Waals surface area contributed by atoms with Crippen LogP contribution in [-0.4, -0.2) is 12.6 Å². The summed E-state index contributed by atoms with van der Waals surface area (Å²) in [5.41, 5.74) is 0.